The molecule has 0 unspecified atom stereocenters. The number of hydrogen-bond donors (Lipinski definition) is 1. The van der Waals surface area contributed by atoms with Crippen LogP contribution in [-0.4, -0.2) is 24.9 Å². The van der Waals surface area contributed by atoms with Crippen molar-refractivity contribution in [2.24, 2.45) is 5.92 Å². The van der Waals surface area contributed by atoms with E-state index in [0.717, 1.165) is 18.7 Å². The molecule has 0 aliphatic carbocycles. The fourth-order valence-corrected chi connectivity index (χ4v) is 3.26. The summed E-state index contributed by atoms with van der Waals surface area (Å²) in [7, 11) is 0. The molecule has 4 heteroatoms. The molecule has 3 rings (SSSR count). The summed E-state index contributed by atoms with van der Waals surface area (Å²) in [5, 5.41) is 2.80. The molecular formula is C18H24N2O2. The molecule has 0 bridgehead atoms. The zero-order valence-electron chi connectivity index (χ0n) is 13.6. The van der Waals surface area contributed by atoms with Gasteiger partial charge in [-0.25, -0.2) is 0 Å². The number of rotatable bonds is 1. The van der Waals surface area contributed by atoms with Crippen LogP contribution in [0.5, 0.6) is 0 Å². The van der Waals surface area contributed by atoms with Crippen molar-refractivity contribution in [1.29, 1.82) is 0 Å². The summed E-state index contributed by atoms with van der Waals surface area (Å²) in [6, 6.07) is 6.46. The van der Waals surface area contributed by atoms with Crippen molar-refractivity contribution in [1.82, 2.24) is 5.32 Å². The maximum atomic E-state index is 12.7. The molecule has 1 saturated heterocycles. The highest BCUT2D eigenvalue weighted by atomic mass is 16.2. The first kappa shape index (κ1) is 15.1. The Labute approximate surface area is 131 Å². The second-order valence-corrected chi connectivity index (χ2v) is 7.37. The van der Waals surface area contributed by atoms with Crippen molar-refractivity contribution >= 4 is 17.5 Å². The summed E-state index contributed by atoms with van der Waals surface area (Å²) >= 11 is 0. The number of fused-ring (bicyclic) bond motifs is 1. The largest absolute Gasteiger partial charge is 0.355 e. The minimum atomic E-state index is -0.0778. The molecule has 2 aliphatic rings. The molecule has 0 saturated carbocycles. The van der Waals surface area contributed by atoms with Crippen LogP contribution in [0.25, 0.3) is 0 Å². The van der Waals surface area contributed by atoms with E-state index in [1.165, 1.54) is 11.1 Å². The topological polar surface area (TPSA) is 49.4 Å². The fourth-order valence-electron chi connectivity index (χ4n) is 3.26. The molecule has 1 aromatic rings. The van der Waals surface area contributed by atoms with Crippen molar-refractivity contribution in [2.75, 3.05) is 18.0 Å². The van der Waals surface area contributed by atoms with Gasteiger partial charge in [-0.3, -0.25) is 9.59 Å². The van der Waals surface area contributed by atoms with Gasteiger partial charge in [0, 0.05) is 25.2 Å². The fraction of sp³-hybridized carbons (Fsp3) is 0.556. The Morgan fingerprint density at radius 3 is 2.68 bits per heavy atom. The van der Waals surface area contributed by atoms with Crippen molar-refractivity contribution in [3.05, 3.63) is 29.3 Å². The Morgan fingerprint density at radius 2 is 2.05 bits per heavy atom. The molecule has 1 atom stereocenters. The molecule has 4 nitrogen and oxygen atoms in total. The monoisotopic (exact) mass is 300 g/mol. The van der Waals surface area contributed by atoms with Crippen LogP contribution < -0.4 is 10.2 Å². The Kier molecular flexibility index (Phi) is 3.71. The van der Waals surface area contributed by atoms with E-state index in [-0.39, 0.29) is 23.1 Å². The lowest BCUT2D eigenvalue weighted by atomic mass is 9.86. The smallest absolute Gasteiger partial charge is 0.231 e. The summed E-state index contributed by atoms with van der Waals surface area (Å²) in [6.07, 6.45) is 2.04. The Morgan fingerprint density at radius 1 is 1.27 bits per heavy atom. The molecule has 2 amide bonds. The van der Waals surface area contributed by atoms with Crippen molar-refractivity contribution in [3.63, 3.8) is 0 Å². The number of amides is 2. The molecule has 22 heavy (non-hydrogen) atoms. The lowest BCUT2D eigenvalue weighted by Gasteiger charge is -2.27. The maximum absolute atomic E-state index is 12.7. The highest BCUT2D eigenvalue weighted by Gasteiger charge is 2.32. The first-order chi connectivity index (χ1) is 10.4. The number of hydrogen-bond acceptors (Lipinski definition) is 2. The molecule has 2 aliphatic heterocycles. The van der Waals surface area contributed by atoms with Crippen LogP contribution in [0.4, 0.5) is 5.69 Å². The van der Waals surface area contributed by atoms with E-state index in [1.807, 2.05) is 4.90 Å². The molecule has 1 fully saturated rings. The van der Waals surface area contributed by atoms with Crippen LogP contribution in [0.2, 0.25) is 0 Å². The van der Waals surface area contributed by atoms with Crippen molar-refractivity contribution in [3.8, 4) is 0 Å². The van der Waals surface area contributed by atoms with E-state index in [0.29, 0.717) is 19.4 Å². The third-order valence-electron chi connectivity index (χ3n) is 4.72. The zero-order valence-corrected chi connectivity index (χ0v) is 13.6. The van der Waals surface area contributed by atoms with Crippen LogP contribution in [0.15, 0.2) is 18.2 Å². The Balaban J connectivity index is 1.79. The van der Waals surface area contributed by atoms with Gasteiger partial charge in [-0.05, 0) is 35.4 Å². The van der Waals surface area contributed by atoms with Crippen molar-refractivity contribution in [2.45, 2.75) is 45.4 Å². The average molecular weight is 300 g/mol. The van der Waals surface area contributed by atoms with E-state index >= 15 is 0 Å². The summed E-state index contributed by atoms with van der Waals surface area (Å²) in [5.74, 6) is 0.133. The van der Waals surface area contributed by atoms with Crippen LogP contribution in [-0.2, 0) is 21.4 Å². The molecule has 2 heterocycles. The lowest BCUT2D eigenvalue weighted by Crippen LogP contribution is -2.44. The highest BCUT2D eigenvalue weighted by molar-refractivity contribution is 5.98. The van der Waals surface area contributed by atoms with Crippen LogP contribution in [0.3, 0.4) is 0 Å². The number of piperidine rings is 1. The summed E-state index contributed by atoms with van der Waals surface area (Å²) in [4.78, 5) is 25.9. The van der Waals surface area contributed by atoms with Gasteiger partial charge < -0.3 is 10.2 Å². The van der Waals surface area contributed by atoms with Crippen molar-refractivity contribution < 1.29 is 9.59 Å². The molecular weight excluding hydrogens is 276 g/mol. The number of carbonyl (C=O) groups is 2. The van der Waals surface area contributed by atoms with E-state index in [9.17, 15) is 9.59 Å². The molecule has 1 N–H and O–H groups in total. The number of nitrogens with one attached hydrogen (secondary N) is 1. The van der Waals surface area contributed by atoms with Gasteiger partial charge in [0.15, 0.2) is 0 Å². The highest BCUT2D eigenvalue weighted by Crippen LogP contribution is 2.34. The number of anilines is 1. The van der Waals surface area contributed by atoms with Gasteiger partial charge >= 0.3 is 0 Å². The van der Waals surface area contributed by atoms with E-state index in [2.05, 4.69) is 44.3 Å². The second kappa shape index (κ2) is 5.41. The Bertz CT molecular complexity index is 606. The third kappa shape index (κ3) is 2.74. The summed E-state index contributed by atoms with van der Waals surface area (Å²) < 4.78 is 0. The van der Waals surface area contributed by atoms with E-state index < -0.39 is 0 Å². The van der Waals surface area contributed by atoms with Crippen LogP contribution in [0, 0.1) is 5.92 Å². The first-order valence-corrected chi connectivity index (χ1v) is 8.08. The van der Waals surface area contributed by atoms with Gasteiger partial charge in [0.25, 0.3) is 0 Å². The quantitative estimate of drug-likeness (QED) is 0.866. The lowest BCUT2D eigenvalue weighted by molar-refractivity contribution is -0.127. The second-order valence-electron chi connectivity index (χ2n) is 7.37. The molecule has 1 aromatic carbocycles. The number of nitrogens with zero attached hydrogens (tertiary/aromatic N) is 1. The summed E-state index contributed by atoms with van der Waals surface area (Å²) in [6.45, 7) is 7.85. The normalized spacial score (nSPS) is 21.5. The first-order valence-electron chi connectivity index (χ1n) is 8.08. The van der Waals surface area contributed by atoms with Gasteiger partial charge in [0.1, 0.15) is 0 Å². The van der Waals surface area contributed by atoms with Gasteiger partial charge in [-0.1, -0.05) is 32.9 Å². The van der Waals surface area contributed by atoms with Crippen LogP contribution in [0.1, 0.15) is 44.7 Å². The summed E-state index contributed by atoms with van der Waals surface area (Å²) in [5.41, 5.74) is 3.75. The predicted octanol–water partition coefficient (Wildman–Crippen LogP) is 2.40. The molecule has 0 spiro atoms. The van der Waals surface area contributed by atoms with Gasteiger partial charge in [-0.15, -0.1) is 0 Å². The number of carbonyl (C=O) groups excluding carboxylic acids is 2. The molecule has 118 valence electrons. The third-order valence-corrected chi connectivity index (χ3v) is 4.72. The average Bonchev–Trinajstić information content (AvgIpc) is 2.89. The SMILES string of the molecule is CC(C)(C)c1ccc2c(c1)CCN2C(=O)[C@H]1CCC(=O)NC1. The van der Waals surface area contributed by atoms with Gasteiger partial charge in [-0.2, -0.15) is 0 Å². The van der Waals surface area contributed by atoms with E-state index in [1.54, 1.807) is 0 Å². The van der Waals surface area contributed by atoms with Crippen LogP contribution >= 0.6 is 0 Å². The predicted molar refractivity (Wildman–Crippen MR) is 86.9 cm³/mol. The Hall–Kier alpha value is -1.84. The molecule has 0 aromatic heterocycles. The minimum absolute atomic E-state index is 0.0562. The minimum Gasteiger partial charge on any atom is -0.355 e. The van der Waals surface area contributed by atoms with Gasteiger partial charge in [0.05, 0.1) is 5.92 Å². The molecule has 0 radical (unpaired) electrons. The van der Waals surface area contributed by atoms with E-state index in [4.69, 9.17) is 0 Å². The standard InChI is InChI=1S/C18H24N2O2/c1-18(2,3)14-5-6-15-12(10-14)8-9-20(15)17(22)13-4-7-16(21)19-11-13/h5-6,10,13H,4,7-9,11H2,1-3H3,(H,19,21)/t13-/m0/s1. The number of benzene rings is 1. The van der Waals surface area contributed by atoms with Gasteiger partial charge in [0.2, 0.25) is 11.8 Å². The zero-order chi connectivity index (χ0) is 15.9. The maximum Gasteiger partial charge on any atom is 0.231 e.